The quantitative estimate of drug-likeness (QED) is 0.0222. The number of phosphoric acid groups is 2. The van der Waals surface area contributed by atoms with E-state index in [0.717, 1.165) is 115 Å². The maximum atomic E-state index is 13.0. The molecule has 522 valence electrons. The second-order valence-electron chi connectivity index (χ2n) is 26.8. The summed E-state index contributed by atoms with van der Waals surface area (Å²) >= 11 is 0. The lowest BCUT2D eigenvalue weighted by Crippen LogP contribution is -2.30. The molecule has 0 aliphatic rings. The first-order chi connectivity index (χ1) is 42.1. The van der Waals surface area contributed by atoms with Gasteiger partial charge in [-0.05, 0) is 49.4 Å². The number of carbonyl (C=O) groups excluding carboxylic acids is 4. The van der Waals surface area contributed by atoms with Gasteiger partial charge >= 0.3 is 39.5 Å². The highest BCUT2D eigenvalue weighted by Gasteiger charge is 2.30. The Hall–Kier alpha value is -1.94. The maximum absolute atomic E-state index is 13.0. The van der Waals surface area contributed by atoms with Crippen molar-refractivity contribution >= 4 is 39.5 Å². The largest absolute Gasteiger partial charge is 0.472 e. The highest BCUT2D eigenvalue weighted by Crippen LogP contribution is 2.45. The molecule has 0 aromatic carbocycles. The minimum absolute atomic E-state index is 0.103. The fraction of sp³-hybridized carbons (Fsp3) is 0.942. The molecule has 3 unspecified atom stereocenters. The van der Waals surface area contributed by atoms with Gasteiger partial charge in [0.1, 0.15) is 19.3 Å². The van der Waals surface area contributed by atoms with Crippen LogP contribution in [-0.2, 0) is 65.4 Å². The van der Waals surface area contributed by atoms with Crippen molar-refractivity contribution in [2.24, 2.45) is 23.7 Å². The van der Waals surface area contributed by atoms with E-state index in [2.05, 4.69) is 55.4 Å². The van der Waals surface area contributed by atoms with E-state index >= 15 is 0 Å². The monoisotopic (exact) mass is 1300 g/mol. The minimum Gasteiger partial charge on any atom is -0.462 e. The Morgan fingerprint density at radius 1 is 0.284 bits per heavy atom. The third-order valence-electron chi connectivity index (χ3n) is 15.8. The molecular formula is C69H134O17P2. The van der Waals surface area contributed by atoms with Gasteiger partial charge in [-0.2, -0.15) is 0 Å². The first-order valence-corrected chi connectivity index (χ1v) is 38.7. The van der Waals surface area contributed by atoms with E-state index in [4.69, 9.17) is 37.0 Å². The number of hydrogen-bond donors (Lipinski definition) is 3. The van der Waals surface area contributed by atoms with Crippen LogP contribution in [0, 0.1) is 23.7 Å². The van der Waals surface area contributed by atoms with Crippen molar-refractivity contribution in [3.05, 3.63) is 0 Å². The second-order valence-corrected chi connectivity index (χ2v) is 29.7. The zero-order valence-electron chi connectivity index (χ0n) is 57.3. The van der Waals surface area contributed by atoms with Gasteiger partial charge in [0.15, 0.2) is 12.2 Å². The van der Waals surface area contributed by atoms with Crippen LogP contribution in [0.25, 0.3) is 0 Å². The van der Waals surface area contributed by atoms with Crippen molar-refractivity contribution in [1.29, 1.82) is 0 Å². The Kier molecular flexibility index (Phi) is 57.6. The topological polar surface area (TPSA) is 237 Å². The second kappa shape index (κ2) is 58.8. The molecule has 0 aromatic heterocycles. The van der Waals surface area contributed by atoms with Crippen molar-refractivity contribution in [2.75, 3.05) is 39.6 Å². The number of unbranched alkanes of at least 4 members (excludes halogenated alkanes) is 32. The van der Waals surface area contributed by atoms with Crippen LogP contribution in [0.15, 0.2) is 0 Å². The number of carbonyl (C=O) groups is 4. The fourth-order valence-corrected chi connectivity index (χ4v) is 11.9. The molecule has 0 fully saturated rings. The molecule has 19 heteroatoms. The highest BCUT2D eigenvalue weighted by molar-refractivity contribution is 7.47. The zero-order chi connectivity index (χ0) is 65.4. The van der Waals surface area contributed by atoms with Gasteiger partial charge in [0.25, 0.3) is 0 Å². The van der Waals surface area contributed by atoms with Crippen LogP contribution in [0.4, 0.5) is 0 Å². The van der Waals surface area contributed by atoms with Gasteiger partial charge in [-0.1, -0.05) is 287 Å². The molecule has 0 rings (SSSR count). The summed E-state index contributed by atoms with van der Waals surface area (Å²) in [5.41, 5.74) is 0. The average molecular weight is 1300 g/mol. The molecule has 5 atom stereocenters. The molecule has 0 aromatic rings. The average Bonchev–Trinajstić information content (AvgIpc) is 3.69. The lowest BCUT2D eigenvalue weighted by atomic mass is 10.0. The molecule has 3 N–H and O–H groups in total. The number of phosphoric ester groups is 2. The Labute approximate surface area is 537 Å². The summed E-state index contributed by atoms with van der Waals surface area (Å²) in [6.45, 7) is 14.0. The zero-order valence-corrected chi connectivity index (χ0v) is 59.1. The summed E-state index contributed by atoms with van der Waals surface area (Å²) in [5.74, 6) is 0.770. The third kappa shape index (κ3) is 62.8. The van der Waals surface area contributed by atoms with Crippen molar-refractivity contribution < 1.29 is 80.2 Å². The fourth-order valence-electron chi connectivity index (χ4n) is 10.3. The predicted octanol–water partition coefficient (Wildman–Crippen LogP) is 19.3. The van der Waals surface area contributed by atoms with E-state index < -0.39 is 97.5 Å². The minimum atomic E-state index is -4.95. The molecule has 0 radical (unpaired) electrons. The Morgan fingerprint density at radius 2 is 0.477 bits per heavy atom. The number of hydrogen-bond acceptors (Lipinski definition) is 15. The lowest BCUT2D eigenvalue weighted by molar-refractivity contribution is -0.161. The van der Waals surface area contributed by atoms with Gasteiger partial charge in [0.2, 0.25) is 0 Å². The molecule has 0 amide bonds. The van der Waals surface area contributed by atoms with Crippen molar-refractivity contribution in [3.63, 3.8) is 0 Å². The molecule has 0 aliphatic carbocycles. The standard InChI is InChI=1S/C69H134O17P2/c1-59(2)45-37-29-21-16-14-12-10-9-11-13-15-17-24-35-43-51-68(73)85-65(56-80-67(72)50-42-34-28-27-32-40-48-62(7)8)58-84-88(77,78)82-54-63(70)53-81-87(75,76)83-57-64(55-79-66(71)49-41-33-26-20-23-31-39-47-61(5)6)86-69(74)52-44-36-25-19-18-22-30-38-46-60(3)4/h59-65,70H,9-58H2,1-8H3,(H,75,76)(H,77,78)/t63?,64-,65-/m1/s1. The number of rotatable bonds is 66. The van der Waals surface area contributed by atoms with Gasteiger partial charge in [-0.25, -0.2) is 9.13 Å². The summed E-state index contributed by atoms with van der Waals surface area (Å²) in [5, 5.41) is 10.6. The molecule has 0 heterocycles. The molecule has 0 spiro atoms. The number of aliphatic hydroxyl groups is 1. The molecular weight excluding hydrogens is 1160 g/mol. The lowest BCUT2D eigenvalue weighted by Gasteiger charge is -2.21. The van der Waals surface area contributed by atoms with E-state index in [9.17, 15) is 43.2 Å². The Balaban J connectivity index is 5.20. The third-order valence-corrected chi connectivity index (χ3v) is 17.7. The first-order valence-electron chi connectivity index (χ1n) is 35.7. The van der Waals surface area contributed by atoms with Crippen molar-refractivity contribution in [2.45, 2.75) is 356 Å². The van der Waals surface area contributed by atoms with E-state index in [1.165, 1.54) is 128 Å². The van der Waals surface area contributed by atoms with Crippen LogP contribution in [0.5, 0.6) is 0 Å². The molecule has 0 saturated heterocycles. The smallest absolute Gasteiger partial charge is 0.462 e. The molecule has 0 saturated carbocycles. The van der Waals surface area contributed by atoms with Gasteiger partial charge in [0.05, 0.1) is 26.4 Å². The van der Waals surface area contributed by atoms with Crippen molar-refractivity contribution in [3.8, 4) is 0 Å². The van der Waals surface area contributed by atoms with Crippen molar-refractivity contribution in [1.82, 2.24) is 0 Å². The summed E-state index contributed by atoms with van der Waals surface area (Å²) in [4.78, 5) is 72.4. The van der Waals surface area contributed by atoms with Gasteiger partial charge in [-0.15, -0.1) is 0 Å². The summed E-state index contributed by atoms with van der Waals surface area (Å²) in [7, 11) is -9.90. The van der Waals surface area contributed by atoms with Crippen LogP contribution < -0.4 is 0 Å². The van der Waals surface area contributed by atoms with E-state index in [-0.39, 0.29) is 25.7 Å². The van der Waals surface area contributed by atoms with E-state index in [0.29, 0.717) is 37.5 Å². The van der Waals surface area contributed by atoms with Crippen LogP contribution in [0.2, 0.25) is 0 Å². The first kappa shape index (κ1) is 86.1. The number of esters is 4. The Morgan fingerprint density at radius 3 is 0.705 bits per heavy atom. The van der Waals surface area contributed by atoms with Gasteiger partial charge < -0.3 is 33.8 Å². The molecule has 0 aliphatic heterocycles. The van der Waals surface area contributed by atoms with Gasteiger partial charge in [-0.3, -0.25) is 37.3 Å². The van der Waals surface area contributed by atoms with Gasteiger partial charge in [0, 0.05) is 25.7 Å². The molecule has 17 nitrogen and oxygen atoms in total. The van der Waals surface area contributed by atoms with Crippen LogP contribution in [0.1, 0.15) is 338 Å². The number of ether oxygens (including phenoxy) is 4. The molecule has 0 bridgehead atoms. The summed E-state index contributed by atoms with van der Waals surface area (Å²) in [6.07, 6.45) is 40.6. The van der Waals surface area contributed by atoms with E-state index in [1.54, 1.807) is 0 Å². The van der Waals surface area contributed by atoms with E-state index in [1.807, 2.05) is 0 Å². The Bertz CT molecular complexity index is 1750. The highest BCUT2D eigenvalue weighted by atomic mass is 31.2. The SMILES string of the molecule is CC(C)CCCCCCCCCCCCCCCCCC(=O)O[C@H](COC(=O)CCCCCCCCC(C)C)COP(=O)(O)OCC(O)COP(=O)(O)OC[C@@H](COC(=O)CCCCCCCCCC(C)C)OC(=O)CCCCCCCCCCC(C)C. The number of aliphatic hydroxyl groups excluding tert-OH is 1. The normalized spacial score (nSPS) is 14.3. The van der Waals surface area contributed by atoms with Crippen LogP contribution >= 0.6 is 15.6 Å². The predicted molar refractivity (Wildman–Crippen MR) is 354 cm³/mol. The summed E-state index contributed by atoms with van der Waals surface area (Å²) < 4.78 is 68.2. The summed E-state index contributed by atoms with van der Waals surface area (Å²) in [6, 6.07) is 0. The maximum Gasteiger partial charge on any atom is 0.472 e. The van der Waals surface area contributed by atoms with Crippen LogP contribution in [-0.4, -0.2) is 96.7 Å². The molecule has 88 heavy (non-hydrogen) atoms. The van der Waals surface area contributed by atoms with Crippen LogP contribution in [0.3, 0.4) is 0 Å².